The molecule has 1 N–H and O–H groups in total. The van der Waals surface area contributed by atoms with E-state index in [1.165, 1.54) is 0 Å². The monoisotopic (exact) mass is 232 g/mol. The van der Waals surface area contributed by atoms with E-state index in [9.17, 15) is 5.11 Å². The molecule has 0 unspecified atom stereocenters. The van der Waals surface area contributed by atoms with Crippen LogP contribution in [0.1, 0.15) is 17.2 Å². The van der Waals surface area contributed by atoms with E-state index < -0.39 is 6.10 Å². The average Bonchev–Trinajstić information content (AvgIpc) is 2.31. The fraction of sp³-hybridized carbons (Fsp3) is 0.143. The minimum Gasteiger partial charge on any atom is -0.388 e. The standard InChI is InChI=1S/C14H13ClO/c15-13-8-6-12(7-9-13)14(16)10-11-4-2-1-3-5-11/h1-9,14,16H,10H2/t14-/m0/s1. The maximum atomic E-state index is 10.0. The fourth-order valence-electron chi connectivity index (χ4n) is 1.64. The lowest BCUT2D eigenvalue weighted by Gasteiger charge is -2.10. The molecule has 0 bridgehead atoms. The number of aliphatic hydroxyl groups is 1. The summed E-state index contributed by atoms with van der Waals surface area (Å²) in [6, 6.07) is 17.3. The van der Waals surface area contributed by atoms with Gasteiger partial charge in [0.2, 0.25) is 0 Å². The van der Waals surface area contributed by atoms with Crippen LogP contribution >= 0.6 is 11.6 Å². The highest BCUT2D eigenvalue weighted by Crippen LogP contribution is 2.20. The first-order valence-electron chi connectivity index (χ1n) is 5.23. The van der Waals surface area contributed by atoms with E-state index in [-0.39, 0.29) is 0 Å². The molecule has 0 fully saturated rings. The second-order valence-electron chi connectivity index (χ2n) is 3.76. The molecule has 2 aromatic carbocycles. The van der Waals surface area contributed by atoms with Gasteiger partial charge in [-0.1, -0.05) is 54.1 Å². The molecule has 0 heterocycles. The van der Waals surface area contributed by atoms with Gasteiger partial charge in [0.05, 0.1) is 6.10 Å². The van der Waals surface area contributed by atoms with Crippen LogP contribution in [-0.4, -0.2) is 5.11 Å². The molecule has 0 aliphatic heterocycles. The molecule has 1 atom stereocenters. The van der Waals surface area contributed by atoms with Gasteiger partial charge < -0.3 is 5.11 Å². The lowest BCUT2D eigenvalue weighted by atomic mass is 10.0. The molecule has 0 aliphatic carbocycles. The second kappa shape index (κ2) is 5.15. The van der Waals surface area contributed by atoms with Crippen molar-refractivity contribution < 1.29 is 5.11 Å². The quantitative estimate of drug-likeness (QED) is 0.857. The van der Waals surface area contributed by atoms with Gasteiger partial charge in [0.1, 0.15) is 0 Å². The van der Waals surface area contributed by atoms with E-state index in [1.807, 2.05) is 42.5 Å². The third kappa shape index (κ3) is 2.84. The second-order valence-corrected chi connectivity index (χ2v) is 4.19. The zero-order chi connectivity index (χ0) is 11.4. The highest BCUT2D eigenvalue weighted by Gasteiger charge is 2.07. The number of halogens is 1. The van der Waals surface area contributed by atoms with Gasteiger partial charge in [-0.05, 0) is 23.3 Å². The van der Waals surface area contributed by atoms with Crippen LogP contribution in [-0.2, 0) is 6.42 Å². The number of benzene rings is 2. The average molecular weight is 233 g/mol. The number of hydrogen-bond donors (Lipinski definition) is 1. The van der Waals surface area contributed by atoms with Crippen LogP contribution in [0.4, 0.5) is 0 Å². The summed E-state index contributed by atoms with van der Waals surface area (Å²) < 4.78 is 0. The molecule has 0 saturated carbocycles. The highest BCUT2D eigenvalue weighted by molar-refractivity contribution is 6.30. The van der Waals surface area contributed by atoms with Gasteiger partial charge in [-0.25, -0.2) is 0 Å². The third-order valence-corrected chi connectivity index (χ3v) is 2.78. The molecule has 1 nitrogen and oxygen atoms in total. The number of hydrogen-bond acceptors (Lipinski definition) is 1. The summed E-state index contributed by atoms with van der Waals surface area (Å²) in [6.45, 7) is 0. The molecular weight excluding hydrogens is 220 g/mol. The zero-order valence-corrected chi connectivity index (χ0v) is 9.56. The van der Waals surface area contributed by atoms with E-state index in [0.29, 0.717) is 11.4 Å². The first-order chi connectivity index (χ1) is 7.75. The maximum absolute atomic E-state index is 10.0. The Bertz CT molecular complexity index is 436. The van der Waals surface area contributed by atoms with Gasteiger partial charge in [0.15, 0.2) is 0 Å². The fourth-order valence-corrected chi connectivity index (χ4v) is 1.77. The van der Waals surface area contributed by atoms with Crippen LogP contribution in [0.2, 0.25) is 5.02 Å². The third-order valence-electron chi connectivity index (χ3n) is 2.53. The first-order valence-corrected chi connectivity index (χ1v) is 5.61. The molecule has 0 amide bonds. The summed E-state index contributed by atoms with van der Waals surface area (Å²) in [5, 5.41) is 10.7. The Morgan fingerprint density at radius 3 is 2.19 bits per heavy atom. The Hall–Kier alpha value is -1.31. The minimum absolute atomic E-state index is 0.473. The Balaban J connectivity index is 2.09. The lowest BCUT2D eigenvalue weighted by molar-refractivity contribution is 0.178. The molecule has 16 heavy (non-hydrogen) atoms. The smallest absolute Gasteiger partial charge is 0.0830 e. The van der Waals surface area contributed by atoms with Crippen LogP contribution in [0.5, 0.6) is 0 Å². The predicted molar refractivity (Wildman–Crippen MR) is 66.6 cm³/mol. The molecule has 2 aromatic rings. The molecule has 0 saturated heterocycles. The van der Waals surface area contributed by atoms with Crippen molar-refractivity contribution >= 4 is 11.6 Å². The predicted octanol–water partition coefficient (Wildman–Crippen LogP) is 3.62. The van der Waals surface area contributed by atoms with Crippen LogP contribution in [0.25, 0.3) is 0 Å². The van der Waals surface area contributed by atoms with Crippen LogP contribution in [0.15, 0.2) is 54.6 Å². The van der Waals surface area contributed by atoms with E-state index in [1.54, 1.807) is 12.1 Å². The van der Waals surface area contributed by atoms with Gasteiger partial charge in [-0.2, -0.15) is 0 Å². The van der Waals surface area contributed by atoms with E-state index in [4.69, 9.17) is 11.6 Å². The van der Waals surface area contributed by atoms with E-state index >= 15 is 0 Å². The summed E-state index contributed by atoms with van der Waals surface area (Å²) in [7, 11) is 0. The van der Waals surface area contributed by atoms with Crippen molar-refractivity contribution in [2.75, 3.05) is 0 Å². The van der Waals surface area contributed by atoms with Gasteiger partial charge in [0.25, 0.3) is 0 Å². The largest absolute Gasteiger partial charge is 0.388 e. The van der Waals surface area contributed by atoms with Gasteiger partial charge in [-0.15, -0.1) is 0 Å². The zero-order valence-electron chi connectivity index (χ0n) is 8.81. The van der Waals surface area contributed by atoms with Crippen molar-refractivity contribution in [2.45, 2.75) is 12.5 Å². The van der Waals surface area contributed by atoms with E-state index in [2.05, 4.69) is 0 Å². The molecule has 0 aliphatic rings. The van der Waals surface area contributed by atoms with Gasteiger partial charge >= 0.3 is 0 Å². The molecular formula is C14H13ClO. The van der Waals surface area contributed by atoms with Gasteiger partial charge in [0, 0.05) is 11.4 Å². The highest BCUT2D eigenvalue weighted by atomic mass is 35.5. The summed E-state index contributed by atoms with van der Waals surface area (Å²) in [5.41, 5.74) is 2.03. The SMILES string of the molecule is O[C@@H](Cc1ccccc1)c1ccc(Cl)cc1. The molecule has 0 spiro atoms. The Kier molecular flexibility index (Phi) is 3.60. The van der Waals surface area contributed by atoms with Crippen LogP contribution < -0.4 is 0 Å². The van der Waals surface area contributed by atoms with Crippen molar-refractivity contribution in [1.82, 2.24) is 0 Å². The van der Waals surface area contributed by atoms with Crippen LogP contribution in [0.3, 0.4) is 0 Å². The number of aliphatic hydroxyl groups excluding tert-OH is 1. The normalized spacial score (nSPS) is 12.4. The Morgan fingerprint density at radius 1 is 0.938 bits per heavy atom. The van der Waals surface area contributed by atoms with Crippen molar-refractivity contribution in [1.29, 1.82) is 0 Å². The minimum atomic E-state index is -0.473. The maximum Gasteiger partial charge on any atom is 0.0830 e. The topological polar surface area (TPSA) is 20.2 Å². The molecule has 0 radical (unpaired) electrons. The summed E-state index contributed by atoms with van der Waals surface area (Å²) in [4.78, 5) is 0. The van der Waals surface area contributed by atoms with Crippen molar-refractivity contribution in [3.8, 4) is 0 Å². The van der Waals surface area contributed by atoms with Crippen molar-refractivity contribution in [3.05, 3.63) is 70.7 Å². The molecule has 0 aromatic heterocycles. The van der Waals surface area contributed by atoms with E-state index in [0.717, 1.165) is 11.1 Å². The van der Waals surface area contributed by atoms with Gasteiger partial charge in [-0.3, -0.25) is 0 Å². The summed E-state index contributed by atoms with van der Waals surface area (Å²) in [6.07, 6.45) is 0.155. The molecule has 2 rings (SSSR count). The number of rotatable bonds is 3. The van der Waals surface area contributed by atoms with Crippen molar-refractivity contribution in [3.63, 3.8) is 0 Å². The Labute approximate surface area is 100 Å². The molecule has 2 heteroatoms. The van der Waals surface area contributed by atoms with Crippen molar-refractivity contribution in [2.24, 2.45) is 0 Å². The summed E-state index contributed by atoms with van der Waals surface area (Å²) in [5.74, 6) is 0. The summed E-state index contributed by atoms with van der Waals surface area (Å²) >= 11 is 5.79. The van der Waals surface area contributed by atoms with Crippen LogP contribution in [0, 0.1) is 0 Å². The molecule has 82 valence electrons. The lowest BCUT2D eigenvalue weighted by Crippen LogP contribution is -2.01. The Morgan fingerprint density at radius 2 is 1.56 bits per heavy atom. The first kappa shape index (κ1) is 11.2.